The predicted octanol–water partition coefficient (Wildman–Crippen LogP) is 1.78. The molecule has 0 aliphatic heterocycles. The quantitative estimate of drug-likeness (QED) is 0.356. The van der Waals surface area contributed by atoms with Crippen LogP contribution in [0.25, 0.3) is 0 Å². The molecule has 0 atom stereocenters. The molecule has 0 aromatic heterocycles. The first-order valence-electron chi connectivity index (χ1n) is 4.94. The minimum Gasteiger partial charge on any atom is -0.499 e. The Hall–Kier alpha value is -0.283. The Bertz CT molecular complexity index is 144. The van der Waals surface area contributed by atoms with E-state index in [4.69, 9.17) is 9.16 Å². The van der Waals surface area contributed by atoms with Gasteiger partial charge in [-0.2, -0.15) is 0 Å². The molecule has 2 nitrogen and oxygen atoms in total. The maximum Gasteiger partial charge on any atom is 0.146 e. The molecule has 0 radical (unpaired) electrons. The van der Waals surface area contributed by atoms with Crippen LogP contribution in [0.5, 0.6) is 0 Å². The number of allylic oxidation sites excluding steroid dienone is 1. The van der Waals surface area contributed by atoms with Crippen molar-refractivity contribution in [2.75, 3.05) is 6.61 Å². The number of hydrogen-bond donors (Lipinski definition) is 0. The number of rotatable bonds is 7. The molecule has 0 unspecified atom stereocenters. The van der Waals surface area contributed by atoms with Crippen LogP contribution in [0.3, 0.4) is 0 Å². The van der Waals surface area contributed by atoms with E-state index < -0.39 is 0 Å². The molecule has 0 amide bonds. The van der Waals surface area contributed by atoms with Gasteiger partial charge in [-0.05, 0) is 32.8 Å². The zero-order valence-electron chi connectivity index (χ0n) is 9.30. The van der Waals surface area contributed by atoms with Gasteiger partial charge >= 0.3 is 0 Å². The molecule has 0 fully saturated rings. The van der Waals surface area contributed by atoms with Crippen LogP contribution >= 0.6 is 0 Å². The van der Waals surface area contributed by atoms with Gasteiger partial charge in [0.1, 0.15) is 17.1 Å². The molecule has 0 aromatic carbocycles. The zero-order valence-corrected chi connectivity index (χ0v) is 11.3. The molecule has 0 aliphatic carbocycles. The van der Waals surface area contributed by atoms with Gasteiger partial charge in [0, 0.05) is 0 Å². The lowest BCUT2D eigenvalue weighted by molar-refractivity contribution is 0.0404. The summed E-state index contributed by atoms with van der Waals surface area (Å²) in [7, 11) is 0.764. The summed E-state index contributed by atoms with van der Waals surface area (Å²) in [6.45, 7) is 6.91. The van der Waals surface area contributed by atoms with Crippen LogP contribution in [0.15, 0.2) is 12.3 Å². The third-order valence-electron chi connectivity index (χ3n) is 1.90. The molecule has 0 aromatic rings. The fraction of sp³-hybridized carbons (Fsp3) is 0.800. The second-order valence-electron chi connectivity index (χ2n) is 3.79. The van der Waals surface area contributed by atoms with E-state index in [9.17, 15) is 0 Å². The Labute approximate surface area is 84.9 Å². The van der Waals surface area contributed by atoms with Crippen LogP contribution in [-0.2, 0) is 9.16 Å². The topological polar surface area (TPSA) is 18.5 Å². The van der Waals surface area contributed by atoms with Crippen molar-refractivity contribution in [2.45, 2.75) is 45.6 Å². The fourth-order valence-corrected chi connectivity index (χ4v) is 0.884. The smallest absolute Gasteiger partial charge is 0.146 e. The molecular formula is C10H22O2Si. The van der Waals surface area contributed by atoms with Gasteiger partial charge < -0.3 is 9.16 Å². The summed E-state index contributed by atoms with van der Waals surface area (Å²) in [5.41, 5.74) is -0.124. The molecule has 0 N–H and O–H groups in total. The SMILES string of the molecule is CCCC/C=C/OCC(C)(C)O[SiH3]. The van der Waals surface area contributed by atoms with Crippen molar-refractivity contribution in [1.29, 1.82) is 0 Å². The zero-order chi connectivity index (χ0) is 10.2. The Morgan fingerprint density at radius 1 is 1.38 bits per heavy atom. The van der Waals surface area contributed by atoms with Gasteiger partial charge in [0.05, 0.1) is 11.9 Å². The highest BCUT2D eigenvalue weighted by atomic mass is 28.2. The van der Waals surface area contributed by atoms with Gasteiger partial charge in [-0.15, -0.1) is 0 Å². The van der Waals surface area contributed by atoms with E-state index in [1.54, 1.807) is 6.26 Å². The van der Waals surface area contributed by atoms with E-state index >= 15 is 0 Å². The van der Waals surface area contributed by atoms with Crippen molar-refractivity contribution in [2.24, 2.45) is 0 Å². The lowest BCUT2D eigenvalue weighted by Crippen LogP contribution is -2.28. The van der Waals surface area contributed by atoms with Gasteiger partial charge in [0.15, 0.2) is 0 Å². The van der Waals surface area contributed by atoms with Crippen molar-refractivity contribution in [1.82, 2.24) is 0 Å². The summed E-state index contributed by atoms with van der Waals surface area (Å²) in [5, 5.41) is 0. The van der Waals surface area contributed by atoms with Crippen LogP contribution in [0, 0.1) is 0 Å². The molecule has 0 aliphatic rings. The second-order valence-corrected chi connectivity index (χ2v) is 4.20. The Kier molecular flexibility index (Phi) is 7.00. The summed E-state index contributed by atoms with van der Waals surface area (Å²) in [5.74, 6) is 0. The monoisotopic (exact) mass is 202 g/mol. The average molecular weight is 202 g/mol. The Balaban J connectivity index is 3.38. The minimum absolute atomic E-state index is 0.124. The third kappa shape index (κ3) is 8.06. The molecule has 0 saturated heterocycles. The molecule has 0 saturated carbocycles. The van der Waals surface area contributed by atoms with E-state index in [2.05, 4.69) is 13.0 Å². The lowest BCUT2D eigenvalue weighted by atomic mass is 10.2. The van der Waals surface area contributed by atoms with Gasteiger partial charge in [0.2, 0.25) is 0 Å². The fourth-order valence-electron chi connectivity index (χ4n) is 0.766. The number of unbranched alkanes of at least 4 members (excludes halogenated alkanes) is 2. The Morgan fingerprint density at radius 3 is 2.62 bits per heavy atom. The van der Waals surface area contributed by atoms with Crippen molar-refractivity contribution in [3.05, 3.63) is 12.3 Å². The average Bonchev–Trinajstić information content (AvgIpc) is 2.11. The Morgan fingerprint density at radius 2 is 2.08 bits per heavy atom. The maximum atomic E-state index is 5.35. The number of hydrogen-bond acceptors (Lipinski definition) is 2. The van der Waals surface area contributed by atoms with Crippen LogP contribution in [-0.4, -0.2) is 22.7 Å². The van der Waals surface area contributed by atoms with Crippen LogP contribution < -0.4 is 0 Å². The van der Waals surface area contributed by atoms with Crippen molar-refractivity contribution in [3.8, 4) is 0 Å². The molecule has 0 rings (SSSR count). The van der Waals surface area contributed by atoms with Gasteiger partial charge in [-0.25, -0.2) is 0 Å². The molecule has 0 spiro atoms. The summed E-state index contributed by atoms with van der Waals surface area (Å²) < 4.78 is 10.7. The first-order valence-corrected chi connectivity index (χ1v) is 5.76. The summed E-state index contributed by atoms with van der Waals surface area (Å²) in [6, 6.07) is 0. The normalized spacial score (nSPS) is 12.5. The van der Waals surface area contributed by atoms with Crippen molar-refractivity contribution in [3.63, 3.8) is 0 Å². The van der Waals surface area contributed by atoms with E-state index in [0.717, 1.165) is 16.9 Å². The molecular weight excluding hydrogens is 180 g/mol. The highest BCUT2D eigenvalue weighted by molar-refractivity contribution is 5.98. The lowest BCUT2D eigenvalue weighted by Gasteiger charge is -2.22. The minimum atomic E-state index is -0.124. The molecule has 0 heterocycles. The van der Waals surface area contributed by atoms with Gasteiger partial charge in [-0.1, -0.05) is 13.3 Å². The third-order valence-corrected chi connectivity index (χ3v) is 3.01. The summed E-state index contributed by atoms with van der Waals surface area (Å²) >= 11 is 0. The molecule has 0 bridgehead atoms. The highest BCUT2D eigenvalue weighted by Gasteiger charge is 2.14. The first-order chi connectivity index (χ1) is 6.12. The van der Waals surface area contributed by atoms with E-state index in [0.29, 0.717) is 6.61 Å². The van der Waals surface area contributed by atoms with Gasteiger partial charge in [0.25, 0.3) is 0 Å². The second kappa shape index (κ2) is 7.15. The van der Waals surface area contributed by atoms with Crippen molar-refractivity contribution >= 4 is 10.5 Å². The summed E-state index contributed by atoms with van der Waals surface area (Å²) in [6.07, 6.45) is 7.45. The van der Waals surface area contributed by atoms with E-state index in [-0.39, 0.29) is 5.60 Å². The van der Waals surface area contributed by atoms with Crippen LogP contribution in [0.1, 0.15) is 40.0 Å². The largest absolute Gasteiger partial charge is 0.499 e. The summed E-state index contributed by atoms with van der Waals surface area (Å²) in [4.78, 5) is 0. The predicted molar refractivity (Wildman–Crippen MR) is 59.7 cm³/mol. The first kappa shape index (κ1) is 12.7. The van der Waals surface area contributed by atoms with Crippen LogP contribution in [0.2, 0.25) is 0 Å². The molecule has 78 valence electrons. The highest BCUT2D eigenvalue weighted by Crippen LogP contribution is 2.07. The van der Waals surface area contributed by atoms with E-state index in [1.165, 1.54) is 12.8 Å². The van der Waals surface area contributed by atoms with Crippen LogP contribution in [0.4, 0.5) is 0 Å². The standard InChI is InChI=1S/C10H22O2Si/c1-4-5-6-7-8-11-9-10(2,3)12-13/h7-8H,4-6,9H2,1-3,13H3/b8-7+. The van der Waals surface area contributed by atoms with Gasteiger partial charge in [-0.3, -0.25) is 0 Å². The van der Waals surface area contributed by atoms with Crippen molar-refractivity contribution < 1.29 is 9.16 Å². The maximum absolute atomic E-state index is 5.35. The molecule has 13 heavy (non-hydrogen) atoms. The van der Waals surface area contributed by atoms with E-state index in [1.807, 2.05) is 13.8 Å². The number of ether oxygens (including phenoxy) is 1. The molecule has 3 heteroatoms.